The van der Waals surface area contributed by atoms with Crippen molar-refractivity contribution in [2.45, 2.75) is 12.8 Å². The van der Waals surface area contributed by atoms with Gasteiger partial charge < -0.3 is 9.57 Å². The molecule has 172 valence electrons. The summed E-state index contributed by atoms with van der Waals surface area (Å²) in [5.74, 6) is 0.114. The topological polar surface area (TPSA) is 91.6 Å². The summed E-state index contributed by atoms with van der Waals surface area (Å²) in [6, 6.07) is 14.9. The standard InChI is InChI=1S/C25H19FN2O5S/c26-18-3-1-17(2-4-18)24-22(23(29)16-7-11-27-12-8-16)20-6-5-19(13-21(20)34-24)32-14-25(9-10-25)15-33-28(30)31/h1-8,11-13H,9-10,14-15H2. The molecule has 0 radical (unpaired) electrons. The van der Waals surface area contributed by atoms with E-state index in [1.807, 2.05) is 12.1 Å². The van der Waals surface area contributed by atoms with Crippen molar-refractivity contribution in [1.82, 2.24) is 4.98 Å². The van der Waals surface area contributed by atoms with E-state index in [1.54, 1.807) is 42.7 Å². The number of benzene rings is 2. The first-order valence-electron chi connectivity index (χ1n) is 10.6. The molecule has 0 aliphatic heterocycles. The summed E-state index contributed by atoms with van der Waals surface area (Å²) in [6.45, 7) is 0.325. The highest BCUT2D eigenvalue weighted by Gasteiger charge is 2.44. The number of thiophene rings is 1. The van der Waals surface area contributed by atoms with Gasteiger partial charge in [-0.05, 0) is 60.9 Å². The fourth-order valence-electron chi connectivity index (χ4n) is 3.78. The molecule has 34 heavy (non-hydrogen) atoms. The number of pyridine rings is 1. The summed E-state index contributed by atoms with van der Waals surface area (Å²) >= 11 is 1.43. The van der Waals surface area contributed by atoms with E-state index in [2.05, 4.69) is 9.82 Å². The van der Waals surface area contributed by atoms with Crippen LogP contribution in [0.5, 0.6) is 5.75 Å². The van der Waals surface area contributed by atoms with Crippen molar-refractivity contribution < 1.29 is 23.8 Å². The third-order valence-corrected chi connectivity index (χ3v) is 7.12. The van der Waals surface area contributed by atoms with Crippen LogP contribution in [0, 0.1) is 21.3 Å². The van der Waals surface area contributed by atoms with Gasteiger partial charge in [0.15, 0.2) is 5.78 Å². The average molecular weight is 479 g/mol. The summed E-state index contributed by atoms with van der Waals surface area (Å²) in [5.41, 5.74) is 1.47. The van der Waals surface area contributed by atoms with Gasteiger partial charge in [0.25, 0.3) is 5.09 Å². The minimum atomic E-state index is -0.782. The number of hydrogen-bond acceptors (Lipinski definition) is 7. The maximum Gasteiger partial charge on any atom is 0.294 e. The molecule has 1 aliphatic carbocycles. The molecule has 0 bridgehead atoms. The Hall–Kier alpha value is -3.85. The summed E-state index contributed by atoms with van der Waals surface area (Å²) in [7, 11) is 0. The lowest BCUT2D eigenvalue weighted by Gasteiger charge is -2.15. The first-order chi connectivity index (χ1) is 16.4. The van der Waals surface area contributed by atoms with Crippen LogP contribution in [0.15, 0.2) is 67.0 Å². The quantitative estimate of drug-likeness (QED) is 0.174. The van der Waals surface area contributed by atoms with E-state index in [0.717, 1.165) is 33.4 Å². The lowest BCUT2D eigenvalue weighted by atomic mass is 9.98. The zero-order valence-corrected chi connectivity index (χ0v) is 18.7. The Balaban J connectivity index is 1.49. The molecule has 0 atom stereocenters. The number of ketones is 1. The van der Waals surface area contributed by atoms with Crippen LogP contribution in [0.3, 0.4) is 0 Å². The molecule has 0 amide bonds. The molecule has 7 nitrogen and oxygen atoms in total. The van der Waals surface area contributed by atoms with Crippen LogP contribution in [0.2, 0.25) is 0 Å². The third-order valence-electron chi connectivity index (χ3n) is 5.92. The molecule has 2 heterocycles. The molecular formula is C25H19FN2O5S. The second kappa shape index (κ2) is 8.83. The molecule has 4 aromatic rings. The maximum atomic E-state index is 13.5. The van der Waals surface area contributed by atoms with E-state index >= 15 is 0 Å². The highest BCUT2D eigenvalue weighted by Crippen LogP contribution is 2.47. The molecule has 0 saturated heterocycles. The van der Waals surface area contributed by atoms with Gasteiger partial charge in [-0.3, -0.25) is 9.78 Å². The molecule has 5 rings (SSSR count). The van der Waals surface area contributed by atoms with Gasteiger partial charge >= 0.3 is 0 Å². The Morgan fingerprint density at radius 3 is 2.50 bits per heavy atom. The molecule has 2 aromatic carbocycles. The van der Waals surface area contributed by atoms with E-state index in [0.29, 0.717) is 23.5 Å². The molecule has 0 spiro atoms. The first kappa shape index (κ1) is 22.0. The van der Waals surface area contributed by atoms with E-state index in [-0.39, 0.29) is 23.6 Å². The zero-order valence-electron chi connectivity index (χ0n) is 17.9. The summed E-state index contributed by atoms with van der Waals surface area (Å²) < 4.78 is 20.3. The Bertz CT molecular complexity index is 1370. The SMILES string of the molecule is O=C(c1ccncc1)c1c(-c2ccc(F)cc2)sc2cc(OCC3(CO[N+](=O)[O-])CC3)ccc12. The van der Waals surface area contributed by atoms with Crippen molar-refractivity contribution in [3.63, 3.8) is 0 Å². The second-order valence-corrected chi connectivity index (χ2v) is 9.37. The minimum absolute atomic E-state index is 0.0144. The first-order valence-corrected chi connectivity index (χ1v) is 11.4. The van der Waals surface area contributed by atoms with E-state index in [4.69, 9.17) is 4.74 Å². The normalized spacial score (nSPS) is 14.0. The van der Waals surface area contributed by atoms with E-state index < -0.39 is 5.09 Å². The predicted molar refractivity (Wildman–Crippen MR) is 125 cm³/mol. The Morgan fingerprint density at radius 2 is 1.82 bits per heavy atom. The molecule has 9 heteroatoms. The van der Waals surface area contributed by atoms with E-state index in [1.165, 1.54) is 23.5 Å². The van der Waals surface area contributed by atoms with Crippen LogP contribution in [0.1, 0.15) is 28.8 Å². The van der Waals surface area contributed by atoms with Crippen molar-refractivity contribution >= 4 is 27.2 Å². The number of hydrogen-bond donors (Lipinski definition) is 0. The lowest BCUT2D eigenvalue weighted by molar-refractivity contribution is -0.760. The van der Waals surface area contributed by atoms with Gasteiger partial charge in [-0.2, -0.15) is 0 Å². The number of carbonyl (C=O) groups excluding carboxylic acids is 1. The third kappa shape index (κ3) is 4.47. The molecular weight excluding hydrogens is 459 g/mol. The Labute approximate surface area is 197 Å². The minimum Gasteiger partial charge on any atom is -0.493 e. The van der Waals surface area contributed by atoms with Crippen molar-refractivity contribution in [2.24, 2.45) is 5.41 Å². The van der Waals surface area contributed by atoms with Gasteiger partial charge in [0, 0.05) is 43.9 Å². The molecule has 1 saturated carbocycles. The van der Waals surface area contributed by atoms with Gasteiger partial charge in [0.2, 0.25) is 0 Å². The Kier molecular flexibility index (Phi) is 5.70. The van der Waals surface area contributed by atoms with Gasteiger partial charge in [-0.1, -0.05) is 12.1 Å². The number of halogens is 1. The van der Waals surface area contributed by atoms with Gasteiger partial charge in [0.1, 0.15) is 18.2 Å². The van der Waals surface area contributed by atoms with Crippen LogP contribution >= 0.6 is 11.3 Å². The number of carbonyl (C=O) groups is 1. The molecule has 0 unspecified atom stereocenters. The lowest BCUT2D eigenvalue weighted by Crippen LogP contribution is -2.21. The summed E-state index contributed by atoms with van der Waals surface area (Å²) in [6.07, 6.45) is 4.76. The second-order valence-electron chi connectivity index (χ2n) is 8.32. The van der Waals surface area contributed by atoms with Crippen molar-refractivity contribution in [1.29, 1.82) is 0 Å². The van der Waals surface area contributed by atoms with Gasteiger partial charge in [0.05, 0.1) is 6.61 Å². The monoisotopic (exact) mass is 478 g/mol. The van der Waals surface area contributed by atoms with Crippen molar-refractivity contribution in [3.05, 3.63) is 94.0 Å². The van der Waals surface area contributed by atoms with Crippen LogP contribution in [0.4, 0.5) is 4.39 Å². The predicted octanol–water partition coefficient (Wildman–Crippen LogP) is 5.70. The van der Waals surface area contributed by atoms with Gasteiger partial charge in [-0.25, -0.2) is 4.39 Å². The highest BCUT2D eigenvalue weighted by molar-refractivity contribution is 7.22. The van der Waals surface area contributed by atoms with Crippen LogP contribution in [-0.2, 0) is 4.84 Å². The van der Waals surface area contributed by atoms with E-state index in [9.17, 15) is 19.3 Å². The average Bonchev–Trinajstić information content (AvgIpc) is 3.53. The van der Waals surface area contributed by atoms with Crippen LogP contribution < -0.4 is 4.74 Å². The van der Waals surface area contributed by atoms with Crippen molar-refractivity contribution in [3.8, 4) is 16.2 Å². The molecule has 2 aromatic heterocycles. The van der Waals surface area contributed by atoms with Crippen LogP contribution in [0.25, 0.3) is 20.5 Å². The maximum absolute atomic E-state index is 13.5. The highest BCUT2D eigenvalue weighted by atomic mass is 32.1. The fourth-order valence-corrected chi connectivity index (χ4v) is 5.01. The summed E-state index contributed by atoms with van der Waals surface area (Å²) in [5, 5.41) is 10.5. The zero-order chi connectivity index (χ0) is 23.7. The fraction of sp³-hybridized carbons (Fsp3) is 0.200. The van der Waals surface area contributed by atoms with Crippen molar-refractivity contribution in [2.75, 3.05) is 13.2 Å². The smallest absolute Gasteiger partial charge is 0.294 e. The Morgan fingerprint density at radius 1 is 1.09 bits per heavy atom. The molecule has 1 aliphatic rings. The van der Waals surface area contributed by atoms with Gasteiger partial charge in [-0.15, -0.1) is 21.5 Å². The number of aromatic nitrogens is 1. The molecule has 1 fully saturated rings. The largest absolute Gasteiger partial charge is 0.493 e. The number of rotatable bonds is 9. The molecule has 0 N–H and O–H groups in total. The number of nitrogens with zero attached hydrogens (tertiary/aromatic N) is 2. The van der Waals surface area contributed by atoms with Crippen LogP contribution in [-0.4, -0.2) is 29.1 Å². The number of fused-ring (bicyclic) bond motifs is 1. The number of ether oxygens (including phenoxy) is 1. The summed E-state index contributed by atoms with van der Waals surface area (Å²) in [4.78, 5) is 33.3.